The first-order chi connectivity index (χ1) is 17.5. The second kappa shape index (κ2) is 11.6. The normalized spacial score (nSPS) is 17.2. The highest BCUT2D eigenvalue weighted by atomic mass is 35.5. The number of hydrogen-bond acceptors (Lipinski definition) is 10. The molecule has 0 aliphatic carbocycles. The summed E-state index contributed by atoms with van der Waals surface area (Å²) in [6.07, 6.45) is 0.589. The molecule has 1 aliphatic heterocycles. The van der Waals surface area contributed by atoms with Crippen LogP contribution in [-0.2, 0) is 9.53 Å². The van der Waals surface area contributed by atoms with Gasteiger partial charge in [0.25, 0.3) is 5.69 Å². The third-order valence-corrected chi connectivity index (χ3v) is 6.58. The summed E-state index contributed by atoms with van der Waals surface area (Å²) in [6.45, 7) is 3.33. The van der Waals surface area contributed by atoms with Gasteiger partial charge in [-0.25, -0.2) is 4.79 Å². The molecule has 2 aromatic rings. The molecular formula is C25H27ClN2O9. The van der Waals surface area contributed by atoms with Crippen molar-refractivity contribution in [3.05, 3.63) is 56.1 Å². The Hall–Kier alpha value is -3.70. The van der Waals surface area contributed by atoms with E-state index in [1.165, 1.54) is 34.1 Å². The first-order valence-corrected chi connectivity index (χ1v) is 11.7. The number of nitro groups is 1. The Bertz CT molecular complexity index is 1250. The molecule has 0 spiro atoms. The molecule has 3 rings (SSSR count). The fraction of sp³-hybridized carbons (Fsp3) is 0.400. The molecule has 2 atom stereocenters. The first kappa shape index (κ1) is 27.9. The lowest BCUT2D eigenvalue weighted by molar-refractivity contribution is -0.384. The number of esters is 2. The van der Waals surface area contributed by atoms with Crippen molar-refractivity contribution < 1.29 is 38.3 Å². The largest absolute Gasteiger partial charge is 0.496 e. The van der Waals surface area contributed by atoms with E-state index in [1.807, 2.05) is 11.9 Å². The molecule has 1 aliphatic rings. The summed E-state index contributed by atoms with van der Waals surface area (Å²) in [5.41, 5.74) is 0.0263. The van der Waals surface area contributed by atoms with Crippen LogP contribution in [0.1, 0.15) is 52.5 Å². The van der Waals surface area contributed by atoms with E-state index in [2.05, 4.69) is 0 Å². The van der Waals surface area contributed by atoms with Crippen molar-refractivity contribution in [3.63, 3.8) is 0 Å². The van der Waals surface area contributed by atoms with Crippen molar-refractivity contribution in [1.82, 2.24) is 4.90 Å². The Kier molecular flexibility index (Phi) is 8.72. The SMILES string of the molecule is COc1cc(OC)c([C@@H]2CCN(C)[C@H]2COC(C)=O)c(OC(=O)c2ccc([N+](=O)[O-])cc2Cl)c1C(C)=O. The minimum Gasteiger partial charge on any atom is -0.496 e. The number of carbonyl (C=O) groups is 3. The molecule has 37 heavy (non-hydrogen) atoms. The number of nitro benzene ring substituents is 1. The van der Waals surface area contributed by atoms with Crippen LogP contribution in [0.5, 0.6) is 17.2 Å². The van der Waals surface area contributed by atoms with E-state index < -0.39 is 22.6 Å². The van der Waals surface area contributed by atoms with Crippen LogP contribution in [0, 0.1) is 10.1 Å². The summed E-state index contributed by atoms with van der Waals surface area (Å²) in [7, 11) is 4.68. The van der Waals surface area contributed by atoms with Crippen LogP contribution in [-0.4, -0.2) is 68.0 Å². The fourth-order valence-corrected chi connectivity index (χ4v) is 4.72. The summed E-state index contributed by atoms with van der Waals surface area (Å²) in [5, 5.41) is 10.9. The summed E-state index contributed by atoms with van der Waals surface area (Å²) in [5.74, 6) is -1.77. The summed E-state index contributed by atoms with van der Waals surface area (Å²) in [4.78, 5) is 50.0. The number of hydrogen-bond donors (Lipinski definition) is 0. The number of likely N-dealkylation sites (N-methyl/N-ethyl adjacent to an activating group) is 1. The van der Waals surface area contributed by atoms with Crippen molar-refractivity contribution in [2.45, 2.75) is 32.2 Å². The zero-order valence-electron chi connectivity index (χ0n) is 21.0. The Balaban J connectivity index is 2.19. The van der Waals surface area contributed by atoms with Gasteiger partial charge in [0.1, 0.15) is 23.7 Å². The maximum Gasteiger partial charge on any atom is 0.345 e. The lowest BCUT2D eigenvalue weighted by Crippen LogP contribution is -2.34. The summed E-state index contributed by atoms with van der Waals surface area (Å²) in [6, 6.07) is 4.59. The number of non-ortho nitro benzene ring substituents is 1. The Labute approximate surface area is 218 Å². The minimum atomic E-state index is -0.929. The number of rotatable bonds is 9. The van der Waals surface area contributed by atoms with Crippen molar-refractivity contribution in [3.8, 4) is 17.2 Å². The number of nitrogens with zero attached hydrogens (tertiary/aromatic N) is 2. The average molecular weight is 535 g/mol. The van der Waals surface area contributed by atoms with Crippen molar-refractivity contribution in [2.24, 2.45) is 0 Å². The smallest absolute Gasteiger partial charge is 0.345 e. The molecule has 2 aromatic carbocycles. The Morgan fingerprint density at radius 1 is 1.14 bits per heavy atom. The topological polar surface area (TPSA) is 135 Å². The number of ether oxygens (including phenoxy) is 4. The predicted molar refractivity (Wildman–Crippen MR) is 133 cm³/mol. The number of likely N-dealkylation sites (tertiary alicyclic amines) is 1. The van der Waals surface area contributed by atoms with Crippen LogP contribution in [0.4, 0.5) is 5.69 Å². The molecule has 198 valence electrons. The second-order valence-corrected chi connectivity index (χ2v) is 8.92. The minimum absolute atomic E-state index is 0.0190. The third kappa shape index (κ3) is 5.83. The van der Waals surface area contributed by atoms with Gasteiger partial charge in [-0.3, -0.25) is 24.6 Å². The highest BCUT2D eigenvalue weighted by Gasteiger charge is 2.40. The van der Waals surface area contributed by atoms with Gasteiger partial charge in [0, 0.05) is 36.6 Å². The zero-order chi connectivity index (χ0) is 27.4. The highest BCUT2D eigenvalue weighted by Crippen LogP contribution is 2.48. The molecule has 0 saturated carbocycles. The second-order valence-electron chi connectivity index (χ2n) is 8.51. The van der Waals surface area contributed by atoms with Gasteiger partial charge >= 0.3 is 11.9 Å². The molecule has 0 unspecified atom stereocenters. The molecule has 0 amide bonds. The Morgan fingerprint density at radius 2 is 1.81 bits per heavy atom. The van der Waals surface area contributed by atoms with E-state index in [9.17, 15) is 24.5 Å². The molecular weight excluding hydrogens is 508 g/mol. The van der Waals surface area contributed by atoms with Gasteiger partial charge in [0.05, 0.1) is 35.8 Å². The van der Waals surface area contributed by atoms with Gasteiger partial charge in [-0.15, -0.1) is 0 Å². The number of carbonyl (C=O) groups excluding carboxylic acids is 3. The Morgan fingerprint density at radius 3 is 2.35 bits per heavy atom. The molecule has 11 nitrogen and oxygen atoms in total. The van der Waals surface area contributed by atoms with Crippen LogP contribution >= 0.6 is 11.6 Å². The number of benzene rings is 2. The predicted octanol–water partition coefficient (Wildman–Crippen LogP) is 4.04. The number of Topliss-reactive ketones (excluding diaryl/α,β-unsaturated/α-hetero) is 1. The highest BCUT2D eigenvalue weighted by molar-refractivity contribution is 6.33. The lowest BCUT2D eigenvalue weighted by Gasteiger charge is -2.28. The van der Waals surface area contributed by atoms with E-state index in [4.69, 9.17) is 30.5 Å². The number of methoxy groups -OCH3 is 2. The summed E-state index contributed by atoms with van der Waals surface area (Å²) < 4.78 is 22.1. The van der Waals surface area contributed by atoms with Crippen LogP contribution in [0.15, 0.2) is 24.3 Å². The maximum absolute atomic E-state index is 13.3. The van der Waals surface area contributed by atoms with Crippen molar-refractivity contribution in [2.75, 3.05) is 34.4 Å². The van der Waals surface area contributed by atoms with E-state index >= 15 is 0 Å². The average Bonchev–Trinajstić information content (AvgIpc) is 3.20. The number of ketones is 1. The molecule has 0 N–H and O–H groups in total. The molecule has 0 radical (unpaired) electrons. The first-order valence-electron chi connectivity index (χ1n) is 11.3. The molecule has 1 fully saturated rings. The fourth-order valence-electron chi connectivity index (χ4n) is 4.47. The number of halogens is 1. The van der Waals surface area contributed by atoms with Gasteiger partial charge in [-0.1, -0.05) is 11.6 Å². The van der Waals surface area contributed by atoms with Crippen LogP contribution < -0.4 is 14.2 Å². The van der Waals surface area contributed by atoms with Crippen LogP contribution in [0.2, 0.25) is 5.02 Å². The van der Waals surface area contributed by atoms with Crippen LogP contribution in [0.25, 0.3) is 0 Å². The quantitative estimate of drug-likeness (QED) is 0.152. The zero-order valence-corrected chi connectivity index (χ0v) is 21.8. The third-order valence-electron chi connectivity index (χ3n) is 6.27. The molecule has 12 heteroatoms. The van der Waals surface area contributed by atoms with E-state index in [0.717, 1.165) is 12.1 Å². The van der Waals surface area contributed by atoms with E-state index in [0.29, 0.717) is 24.3 Å². The molecule has 0 aromatic heterocycles. The van der Waals surface area contributed by atoms with Crippen LogP contribution in [0.3, 0.4) is 0 Å². The van der Waals surface area contributed by atoms with E-state index in [-0.39, 0.29) is 51.9 Å². The van der Waals surface area contributed by atoms with Crippen molar-refractivity contribution in [1.29, 1.82) is 0 Å². The van der Waals surface area contributed by atoms with Crippen molar-refractivity contribution >= 4 is 35.0 Å². The van der Waals surface area contributed by atoms with Gasteiger partial charge < -0.3 is 18.9 Å². The van der Waals surface area contributed by atoms with E-state index in [1.54, 1.807) is 6.07 Å². The van der Waals surface area contributed by atoms with Gasteiger partial charge in [-0.05, 0) is 33.0 Å². The van der Waals surface area contributed by atoms with Gasteiger partial charge in [0.2, 0.25) is 0 Å². The lowest BCUT2D eigenvalue weighted by atomic mass is 9.87. The molecule has 0 bridgehead atoms. The van der Waals surface area contributed by atoms with Gasteiger partial charge in [-0.2, -0.15) is 0 Å². The monoisotopic (exact) mass is 534 g/mol. The maximum atomic E-state index is 13.3. The van der Waals surface area contributed by atoms with Gasteiger partial charge in [0.15, 0.2) is 11.5 Å². The standard InChI is InChI=1S/C25H27ClN2O9/c1-13(29)22-20(34-4)11-21(35-5)23(17-8-9-27(3)19(17)12-36-14(2)30)24(22)37-25(31)16-7-6-15(28(32)33)10-18(16)26/h6-7,10-11,17,19H,8-9,12H2,1-5H3/t17-,19+/m1/s1. The summed E-state index contributed by atoms with van der Waals surface area (Å²) >= 11 is 6.16. The molecule has 1 heterocycles. The molecule has 1 saturated heterocycles.